The van der Waals surface area contributed by atoms with Crippen molar-refractivity contribution in [2.24, 2.45) is 0 Å². The average molecular weight is 429 g/mol. The number of rotatable bonds is 3. The second-order valence-electron chi connectivity index (χ2n) is 3.38. The minimum atomic E-state index is 0. The first kappa shape index (κ1) is 11.2. The third kappa shape index (κ3) is 3.39. The van der Waals surface area contributed by atoms with Gasteiger partial charge in [-0.2, -0.15) is 30.3 Å². The van der Waals surface area contributed by atoms with Crippen LogP contribution in [0.2, 0.25) is 0 Å². The zero-order valence-electron chi connectivity index (χ0n) is 8.67. The maximum Gasteiger partial charge on any atom is 0.00727 e. The molecule has 0 saturated heterocycles. The van der Waals surface area contributed by atoms with E-state index in [1.165, 1.54) is 5.56 Å². The molecule has 0 aliphatic carbocycles. The monoisotopic (exact) mass is 429 g/mol. The Morgan fingerprint density at radius 3 is 2.15 bits per heavy atom. The Labute approximate surface area is 74.8 Å². The van der Waals surface area contributed by atoms with Gasteiger partial charge in [0.15, 0.2) is 0 Å². The quantitative estimate of drug-likeness (QED) is 0.729. The zero-order valence-corrected chi connectivity index (χ0v) is 15.1. The molecule has 0 bridgehead atoms. The van der Waals surface area contributed by atoms with Gasteiger partial charge in [0.25, 0.3) is 0 Å². The summed E-state index contributed by atoms with van der Waals surface area (Å²) in [4.78, 5) is 0. The molecular weight excluding hydrogens is 413 g/mol. The van der Waals surface area contributed by atoms with Gasteiger partial charge in [-0.3, -0.25) is 0 Å². The smallest absolute Gasteiger partial charge is 0.00727 e. The van der Waals surface area contributed by atoms with Crippen molar-refractivity contribution in [3.63, 3.8) is 0 Å². The topological polar surface area (TPSA) is 12.0 Å². The third-order valence-electron chi connectivity index (χ3n) is 1.83. The van der Waals surface area contributed by atoms with Gasteiger partial charge >= 0.3 is 0 Å². The van der Waals surface area contributed by atoms with E-state index < -0.39 is 0 Å². The van der Waals surface area contributed by atoms with Crippen LogP contribution in [0, 0.1) is 6.07 Å². The Bertz CT molecular complexity index is 221. The fourth-order valence-corrected chi connectivity index (χ4v) is 1.28. The Hall–Kier alpha value is -1.82. The fourth-order valence-electron chi connectivity index (χ4n) is 1.28. The van der Waals surface area contributed by atoms with Crippen LogP contribution < -0.4 is 5.32 Å². The van der Waals surface area contributed by atoms with Crippen LogP contribution in [-0.2, 0) is 0 Å². The van der Waals surface area contributed by atoms with Crippen LogP contribution in [0.5, 0.6) is 0 Å². The zero-order chi connectivity index (χ0) is 8.97. The molecule has 0 amide bonds. The molecule has 0 saturated carbocycles. The Balaban J connectivity index is 0.00000144. The standard InChI is InChI=1S/C11H16N.Rf/c1-9(2)12-10(3)11-7-5-4-6-8-11;/h5-10,12H,1-3H3;/q-1;. The molecule has 0 spiro atoms. The van der Waals surface area contributed by atoms with Crippen LogP contribution in [0.25, 0.3) is 0 Å². The summed E-state index contributed by atoms with van der Waals surface area (Å²) in [5.74, 6) is 0. The van der Waals surface area contributed by atoms with Crippen molar-refractivity contribution >= 4 is 0 Å². The molecule has 0 heterocycles. The van der Waals surface area contributed by atoms with E-state index in [2.05, 4.69) is 44.3 Å². The average Bonchev–Trinajstić information content (AvgIpc) is 2.05. The van der Waals surface area contributed by atoms with Crippen molar-refractivity contribution in [3.8, 4) is 0 Å². The second kappa shape index (κ2) is 4.94. The summed E-state index contributed by atoms with van der Waals surface area (Å²) >= 11 is 0. The van der Waals surface area contributed by atoms with Gasteiger partial charge in [0, 0.05) is 12.1 Å². The van der Waals surface area contributed by atoms with Gasteiger partial charge < -0.3 is 5.32 Å². The summed E-state index contributed by atoms with van der Waals surface area (Å²) < 4.78 is 0. The van der Waals surface area contributed by atoms with Crippen molar-refractivity contribution in [1.29, 1.82) is 0 Å². The third-order valence-corrected chi connectivity index (χ3v) is 1.83. The predicted octanol–water partition coefficient (Wildman–Crippen LogP) is 2.55. The van der Waals surface area contributed by atoms with Crippen molar-refractivity contribution < 1.29 is 0 Å². The van der Waals surface area contributed by atoms with E-state index in [1.807, 2.05) is 12.1 Å². The van der Waals surface area contributed by atoms with Crippen molar-refractivity contribution in [2.45, 2.75) is 32.9 Å². The molecule has 0 aliphatic rings. The first-order valence-electron chi connectivity index (χ1n) is 4.42. The summed E-state index contributed by atoms with van der Waals surface area (Å²) in [7, 11) is 0. The van der Waals surface area contributed by atoms with E-state index in [9.17, 15) is 0 Å². The minimum absolute atomic E-state index is 0. The summed E-state index contributed by atoms with van der Waals surface area (Å²) in [6.07, 6.45) is 0. The summed E-state index contributed by atoms with van der Waals surface area (Å²) in [5.41, 5.74) is 1.32. The van der Waals surface area contributed by atoms with E-state index in [4.69, 9.17) is 0 Å². The summed E-state index contributed by atoms with van der Waals surface area (Å²) in [6, 6.07) is 12.1. The number of hydrogen-bond acceptors (Lipinski definition) is 1. The van der Waals surface area contributed by atoms with Gasteiger partial charge in [0.05, 0.1) is 0 Å². The molecule has 1 N–H and O–H groups in total. The van der Waals surface area contributed by atoms with Gasteiger partial charge in [0.2, 0.25) is 0 Å². The molecule has 0 aliphatic heterocycles. The molecule has 1 rings (SSSR count). The fraction of sp³-hybridized carbons (Fsp3) is 0.455. The predicted molar refractivity (Wildman–Crippen MR) is 52.0 cm³/mol. The van der Waals surface area contributed by atoms with E-state index in [-0.39, 0.29) is 0 Å². The molecule has 13 heavy (non-hydrogen) atoms. The molecule has 1 aromatic rings. The molecule has 1 unspecified atom stereocenters. The molecule has 0 fully saturated rings. The van der Waals surface area contributed by atoms with Crippen molar-refractivity contribution in [2.75, 3.05) is 0 Å². The number of hydrogen-bond donors (Lipinski definition) is 1. The van der Waals surface area contributed by atoms with E-state index in [0.717, 1.165) is 0 Å². The molecule has 68 valence electrons. The second-order valence-corrected chi connectivity index (χ2v) is 3.38. The molecule has 1 atom stereocenters. The van der Waals surface area contributed by atoms with Crippen LogP contribution in [0.1, 0.15) is 32.4 Å². The Morgan fingerprint density at radius 1 is 1.15 bits per heavy atom. The van der Waals surface area contributed by atoms with Crippen LogP contribution in [-0.4, -0.2) is 6.04 Å². The minimum Gasteiger partial charge on any atom is -0.310 e. The van der Waals surface area contributed by atoms with Gasteiger partial charge in [-0.25, -0.2) is 0 Å². The van der Waals surface area contributed by atoms with E-state index in [1.54, 1.807) is 0 Å². The molecule has 1 nitrogen and oxygen atoms in total. The van der Waals surface area contributed by atoms with E-state index in [0.29, 0.717) is 12.1 Å². The van der Waals surface area contributed by atoms with Gasteiger partial charge in [-0.05, 0) is 6.92 Å². The first-order valence-corrected chi connectivity index (χ1v) is 4.42. The van der Waals surface area contributed by atoms with Crippen molar-refractivity contribution in [1.82, 2.24) is 5.32 Å². The van der Waals surface area contributed by atoms with Crippen LogP contribution in [0.4, 0.5) is 0 Å². The molecule has 1 aromatic carbocycles. The molecular formula is C11H16NRf-. The molecule has 0 aromatic heterocycles. The largest absolute Gasteiger partial charge is 0.310 e. The van der Waals surface area contributed by atoms with Gasteiger partial charge in [0.1, 0.15) is 0 Å². The Kier molecular flexibility index (Phi) is 4.25. The number of nitrogens with one attached hydrogen (secondary N) is 1. The normalized spacial score (nSPS) is 12.3. The molecule has 2 heteroatoms. The summed E-state index contributed by atoms with van der Waals surface area (Å²) in [5, 5.41) is 3.45. The SMILES string of the molecule is CC(C)NC(C)c1cc[c-]cc1.[Rf]. The van der Waals surface area contributed by atoms with Crippen LogP contribution in [0.3, 0.4) is 0 Å². The Morgan fingerprint density at radius 2 is 1.69 bits per heavy atom. The van der Waals surface area contributed by atoms with Crippen molar-refractivity contribution in [3.05, 3.63) is 35.9 Å². The van der Waals surface area contributed by atoms with Gasteiger partial charge in [-0.15, -0.1) is 5.56 Å². The summed E-state index contributed by atoms with van der Waals surface area (Å²) in [6.45, 7) is 6.49. The molecule has 0 radical (unpaired) electrons. The van der Waals surface area contributed by atoms with Gasteiger partial charge in [-0.1, -0.05) is 13.8 Å². The first-order chi connectivity index (χ1) is 5.70. The number of benzene rings is 1. The van der Waals surface area contributed by atoms with Crippen LogP contribution in [0.15, 0.2) is 24.3 Å². The maximum absolute atomic E-state index is 3.45. The van der Waals surface area contributed by atoms with Crippen LogP contribution >= 0.6 is 0 Å². The maximum atomic E-state index is 3.45. The van der Waals surface area contributed by atoms with E-state index >= 15 is 0 Å².